The second-order valence-electron chi connectivity index (χ2n) is 7.51. The molecular weight excluding hydrogens is 391 g/mol. The molecule has 1 fully saturated rings. The minimum atomic E-state index is -3.23. The number of ether oxygens (including phenoxy) is 1. The summed E-state index contributed by atoms with van der Waals surface area (Å²) in [4.78, 5) is 8.82. The van der Waals surface area contributed by atoms with Gasteiger partial charge in [-0.1, -0.05) is 6.07 Å². The van der Waals surface area contributed by atoms with Gasteiger partial charge >= 0.3 is 0 Å². The molecule has 29 heavy (non-hydrogen) atoms. The molecule has 1 aliphatic heterocycles. The second-order valence-corrected chi connectivity index (χ2v) is 9.84. The van der Waals surface area contributed by atoms with E-state index in [9.17, 15) is 9.67 Å². The molecule has 2 aromatic rings. The van der Waals surface area contributed by atoms with Gasteiger partial charge in [-0.3, -0.25) is 4.57 Å². The smallest absolute Gasteiger partial charge is 0.279 e. The fraction of sp³-hybridized carbons (Fsp3) is 0.500. The van der Waals surface area contributed by atoms with Crippen LogP contribution >= 0.6 is 7.52 Å². The number of nitrogens with one attached hydrogen (secondary N) is 2. The zero-order valence-electron chi connectivity index (χ0n) is 17.5. The fourth-order valence-corrected chi connectivity index (χ4v) is 5.93. The van der Waals surface area contributed by atoms with Gasteiger partial charge in [0.25, 0.3) is 7.52 Å². The SMILES string of the molecule is COc1cc(C(CNc2nc(C)cc(C)n2)P2(=O)N[C@H](C)CCO2)cc(C)c1O. The number of nitrogens with zero attached hydrogens (tertiary/aromatic N) is 2. The minimum Gasteiger partial charge on any atom is -0.504 e. The van der Waals surface area contributed by atoms with Crippen LogP contribution in [0.2, 0.25) is 0 Å². The molecule has 1 aromatic heterocycles. The van der Waals surface area contributed by atoms with Gasteiger partial charge in [-0.05, 0) is 57.4 Å². The molecule has 0 spiro atoms. The molecule has 3 rings (SSSR count). The molecule has 1 aliphatic rings. The molecule has 158 valence electrons. The summed E-state index contributed by atoms with van der Waals surface area (Å²) in [5, 5.41) is 16.6. The number of aryl methyl sites for hydroxylation is 3. The van der Waals surface area contributed by atoms with Gasteiger partial charge in [0.15, 0.2) is 11.5 Å². The highest BCUT2D eigenvalue weighted by Crippen LogP contribution is 2.59. The highest BCUT2D eigenvalue weighted by atomic mass is 31.2. The van der Waals surface area contributed by atoms with Crippen molar-refractivity contribution in [2.24, 2.45) is 0 Å². The number of anilines is 1. The van der Waals surface area contributed by atoms with Crippen LogP contribution in [0.15, 0.2) is 18.2 Å². The summed E-state index contributed by atoms with van der Waals surface area (Å²) in [5.74, 6) is 0.890. The fourth-order valence-electron chi connectivity index (χ4n) is 3.50. The summed E-state index contributed by atoms with van der Waals surface area (Å²) in [6.07, 6.45) is 0.794. The van der Waals surface area contributed by atoms with E-state index in [0.717, 1.165) is 23.4 Å². The Morgan fingerprint density at radius 2 is 2.00 bits per heavy atom. The Balaban J connectivity index is 1.98. The maximum Gasteiger partial charge on any atom is 0.279 e. The first-order valence-corrected chi connectivity index (χ1v) is 11.4. The normalized spacial score (nSPS) is 22.9. The van der Waals surface area contributed by atoms with Crippen molar-refractivity contribution in [3.63, 3.8) is 0 Å². The third-order valence-electron chi connectivity index (χ3n) is 4.97. The predicted octanol–water partition coefficient (Wildman–Crippen LogP) is 3.86. The highest BCUT2D eigenvalue weighted by Gasteiger charge is 2.40. The van der Waals surface area contributed by atoms with Crippen molar-refractivity contribution in [3.05, 3.63) is 40.7 Å². The van der Waals surface area contributed by atoms with E-state index in [2.05, 4.69) is 20.4 Å². The molecule has 3 atom stereocenters. The Morgan fingerprint density at radius 3 is 2.62 bits per heavy atom. The first kappa shape index (κ1) is 21.6. The minimum absolute atomic E-state index is 0.0739. The van der Waals surface area contributed by atoms with Gasteiger partial charge in [0.1, 0.15) is 0 Å². The number of benzene rings is 1. The quantitative estimate of drug-likeness (QED) is 0.605. The molecule has 0 saturated carbocycles. The van der Waals surface area contributed by atoms with E-state index in [1.807, 2.05) is 32.9 Å². The predicted molar refractivity (Wildman–Crippen MR) is 113 cm³/mol. The molecule has 0 amide bonds. The van der Waals surface area contributed by atoms with Crippen molar-refractivity contribution >= 4 is 13.5 Å². The van der Waals surface area contributed by atoms with Gasteiger partial charge in [-0.15, -0.1) is 0 Å². The van der Waals surface area contributed by atoms with E-state index >= 15 is 0 Å². The monoisotopic (exact) mass is 420 g/mol. The zero-order chi connectivity index (χ0) is 21.2. The molecule has 2 unspecified atom stereocenters. The summed E-state index contributed by atoms with van der Waals surface area (Å²) in [6, 6.07) is 5.50. The lowest BCUT2D eigenvalue weighted by molar-refractivity contribution is 0.249. The van der Waals surface area contributed by atoms with E-state index in [-0.39, 0.29) is 11.8 Å². The van der Waals surface area contributed by atoms with Crippen LogP contribution in [0.25, 0.3) is 0 Å². The lowest BCUT2D eigenvalue weighted by atomic mass is 10.1. The third kappa shape index (κ3) is 4.89. The molecule has 0 radical (unpaired) electrons. The van der Waals surface area contributed by atoms with Gasteiger partial charge in [-0.2, -0.15) is 0 Å². The Hall–Kier alpha value is -2.15. The molecule has 1 aromatic carbocycles. The first-order chi connectivity index (χ1) is 13.7. The summed E-state index contributed by atoms with van der Waals surface area (Å²) >= 11 is 0. The van der Waals surface area contributed by atoms with Crippen molar-refractivity contribution in [2.45, 2.75) is 45.8 Å². The molecule has 1 saturated heterocycles. The van der Waals surface area contributed by atoms with Gasteiger partial charge in [-0.25, -0.2) is 15.1 Å². The van der Waals surface area contributed by atoms with Crippen molar-refractivity contribution in [1.29, 1.82) is 0 Å². The number of phenolic OH excluding ortho intramolecular Hbond substituents is 1. The van der Waals surface area contributed by atoms with Gasteiger partial charge in [0.2, 0.25) is 5.95 Å². The third-order valence-corrected chi connectivity index (χ3v) is 7.64. The summed E-state index contributed by atoms with van der Waals surface area (Å²) in [7, 11) is -1.74. The van der Waals surface area contributed by atoms with Gasteiger partial charge < -0.3 is 19.7 Å². The van der Waals surface area contributed by atoms with Crippen LogP contribution in [0.4, 0.5) is 5.95 Å². The number of rotatable bonds is 6. The van der Waals surface area contributed by atoms with E-state index in [4.69, 9.17) is 9.26 Å². The topological polar surface area (TPSA) is 106 Å². The van der Waals surface area contributed by atoms with E-state index in [0.29, 0.717) is 30.4 Å². The number of hydrogen-bond donors (Lipinski definition) is 3. The van der Waals surface area contributed by atoms with Crippen LogP contribution in [0, 0.1) is 20.8 Å². The molecule has 0 bridgehead atoms. The Bertz CT molecular complexity index is 917. The van der Waals surface area contributed by atoms with E-state index in [1.54, 1.807) is 13.0 Å². The maximum absolute atomic E-state index is 13.8. The van der Waals surface area contributed by atoms with Crippen molar-refractivity contribution < 1.29 is 18.9 Å². The Morgan fingerprint density at radius 1 is 1.31 bits per heavy atom. The van der Waals surface area contributed by atoms with Crippen LogP contribution < -0.4 is 15.1 Å². The lowest BCUT2D eigenvalue weighted by Gasteiger charge is -2.35. The summed E-state index contributed by atoms with van der Waals surface area (Å²) in [6.45, 7) is 8.31. The highest BCUT2D eigenvalue weighted by molar-refractivity contribution is 7.57. The Kier molecular flexibility index (Phi) is 6.46. The van der Waals surface area contributed by atoms with Crippen molar-refractivity contribution in [2.75, 3.05) is 25.6 Å². The molecule has 9 heteroatoms. The summed E-state index contributed by atoms with van der Waals surface area (Å²) in [5.41, 5.74) is 2.59. The average Bonchev–Trinajstić information content (AvgIpc) is 2.63. The number of hydrogen-bond acceptors (Lipinski definition) is 7. The molecule has 8 nitrogen and oxygen atoms in total. The second kappa shape index (κ2) is 8.69. The molecule has 0 aliphatic carbocycles. The van der Waals surface area contributed by atoms with Crippen molar-refractivity contribution in [3.8, 4) is 11.5 Å². The largest absolute Gasteiger partial charge is 0.504 e. The maximum atomic E-state index is 13.8. The van der Waals surface area contributed by atoms with Crippen LogP contribution in [0.1, 0.15) is 41.5 Å². The Labute approximate surface area is 171 Å². The number of aromatic hydroxyl groups is 1. The van der Waals surface area contributed by atoms with E-state index in [1.165, 1.54) is 7.11 Å². The lowest BCUT2D eigenvalue weighted by Crippen LogP contribution is -2.34. The van der Waals surface area contributed by atoms with E-state index < -0.39 is 13.2 Å². The number of aromatic nitrogens is 2. The number of phenols is 1. The average molecular weight is 420 g/mol. The van der Waals surface area contributed by atoms with Crippen LogP contribution in [-0.2, 0) is 9.09 Å². The van der Waals surface area contributed by atoms with Crippen LogP contribution in [0.5, 0.6) is 11.5 Å². The van der Waals surface area contributed by atoms with Crippen LogP contribution in [-0.4, -0.2) is 41.4 Å². The van der Waals surface area contributed by atoms with Crippen molar-refractivity contribution in [1.82, 2.24) is 15.1 Å². The molecule has 2 heterocycles. The number of methoxy groups -OCH3 is 1. The standard InChI is InChI=1S/C20H29N4O4P/c1-12-8-16(10-17(27-5)19(12)25)18(29(26)24-13(2)6-7-28-29)11-21-20-22-14(3)9-15(4)23-20/h8-10,13,18,25H,6-7,11H2,1-5H3,(H,24,26)(H,21,22,23)/t13-,18?,29?/m1/s1. The molecular formula is C20H29N4O4P. The van der Waals surface area contributed by atoms with Crippen LogP contribution in [0.3, 0.4) is 0 Å². The first-order valence-electron chi connectivity index (χ1n) is 9.67. The molecule has 3 N–H and O–H groups in total. The van der Waals surface area contributed by atoms with Gasteiger partial charge in [0.05, 0.1) is 19.4 Å². The van der Waals surface area contributed by atoms with Gasteiger partial charge in [0, 0.05) is 24.0 Å². The zero-order valence-corrected chi connectivity index (χ0v) is 18.4. The summed E-state index contributed by atoms with van der Waals surface area (Å²) < 4.78 is 24.9.